The first-order valence-corrected chi connectivity index (χ1v) is 5.70. The number of hydrogen-bond donors (Lipinski definition) is 1. The average Bonchev–Trinajstić information content (AvgIpc) is 2.25. The predicted molar refractivity (Wildman–Crippen MR) is 63.3 cm³/mol. The van der Waals surface area contributed by atoms with E-state index in [1.54, 1.807) is 0 Å². The Hall–Kier alpha value is -1.38. The summed E-state index contributed by atoms with van der Waals surface area (Å²) in [6, 6.07) is 5.75. The second-order valence-corrected chi connectivity index (χ2v) is 4.24. The zero-order valence-corrected chi connectivity index (χ0v) is 10.2. The maximum atomic E-state index is 11.3. The fourth-order valence-electron chi connectivity index (χ4n) is 1.92. The maximum absolute atomic E-state index is 11.3. The average molecular weight is 221 g/mol. The number of carbonyl (C=O) groups is 1. The molecule has 3 heteroatoms. The second kappa shape index (κ2) is 5.10. The Labute approximate surface area is 96.5 Å². The van der Waals surface area contributed by atoms with Gasteiger partial charge in [0.2, 0.25) is 0 Å². The molecule has 0 atom stereocenters. The van der Waals surface area contributed by atoms with Crippen LogP contribution in [0.5, 0.6) is 0 Å². The molecule has 0 aliphatic rings. The van der Waals surface area contributed by atoms with E-state index in [0.717, 1.165) is 11.4 Å². The van der Waals surface area contributed by atoms with Gasteiger partial charge in [-0.2, -0.15) is 0 Å². The van der Waals surface area contributed by atoms with E-state index in [9.17, 15) is 9.90 Å². The Kier molecular flexibility index (Phi) is 4.05. The molecule has 88 valence electrons. The first-order valence-electron chi connectivity index (χ1n) is 5.70. The topological polar surface area (TPSA) is 50.2 Å². The minimum atomic E-state index is -0.721. The predicted octanol–water partition coefficient (Wildman–Crippen LogP) is 2.82. The van der Waals surface area contributed by atoms with Gasteiger partial charge in [-0.25, -0.2) is 0 Å². The van der Waals surface area contributed by atoms with E-state index in [1.807, 2.05) is 39.0 Å². The quantitative estimate of drug-likeness (QED) is 0.831. The molecule has 0 fully saturated rings. The Morgan fingerprint density at radius 3 is 2.44 bits per heavy atom. The van der Waals surface area contributed by atoms with Crippen molar-refractivity contribution in [3.63, 3.8) is 0 Å². The summed E-state index contributed by atoms with van der Waals surface area (Å²) in [7, 11) is 0. The first kappa shape index (κ1) is 12.7. The lowest BCUT2D eigenvalue weighted by Gasteiger charge is -2.26. The lowest BCUT2D eigenvalue weighted by molar-refractivity contribution is -0.149. The van der Waals surface area contributed by atoms with Crippen molar-refractivity contribution in [2.45, 2.75) is 40.0 Å². The van der Waals surface area contributed by atoms with Gasteiger partial charge in [0.05, 0.1) is 5.41 Å². The van der Waals surface area contributed by atoms with Crippen molar-refractivity contribution in [2.24, 2.45) is 5.41 Å². The molecular formula is C13H19NO2. The highest BCUT2D eigenvalue weighted by Gasteiger charge is 2.35. The Balaban J connectivity index is 2.96. The molecular weight excluding hydrogens is 202 g/mol. The standard InChI is InChI=1S/C13H19NO2/c1-4-13(5-2,12(15)16)9-11-8-6-7-10(3)14-11/h6-8H,4-5,9H2,1-3H3,(H,15,16). The van der Waals surface area contributed by atoms with Crippen LogP contribution in [0.25, 0.3) is 0 Å². The van der Waals surface area contributed by atoms with Gasteiger partial charge in [0.25, 0.3) is 0 Å². The third kappa shape index (κ3) is 2.60. The lowest BCUT2D eigenvalue weighted by atomic mass is 9.78. The van der Waals surface area contributed by atoms with Crippen LogP contribution in [0.1, 0.15) is 38.1 Å². The fourth-order valence-corrected chi connectivity index (χ4v) is 1.92. The van der Waals surface area contributed by atoms with Gasteiger partial charge >= 0.3 is 5.97 Å². The summed E-state index contributed by atoms with van der Waals surface area (Å²) in [4.78, 5) is 15.7. The number of carboxylic acid groups (broad SMARTS) is 1. The summed E-state index contributed by atoms with van der Waals surface area (Å²) in [5, 5.41) is 9.33. The van der Waals surface area contributed by atoms with Crippen molar-refractivity contribution < 1.29 is 9.90 Å². The molecule has 0 saturated heterocycles. The van der Waals surface area contributed by atoms with E-state index in [0.29, 0.717) is 19.3 Å². The molecule has 0 radical (unpaired) electrons. The molecule has 0 amide bonds. The highest BCUT2D eigenvalue weighted by Crippen LogP contribution is 2.30. The molecule has 0 bridgehead atoms. The number of aryl methyl sites for hydroxylation is 1. The number of aliphatic carboxylic acids is 1. The number of nitrogens with zero attached hydrogens (tertiary/aromatic N) is 1. The van der Waals surface area contributed by atoms with Crippen LogP contribution in [0.4, 0.5) is 0 Å². The SMILES string of the molecule is CCC(CC)(Cc1cccc(C)n1)C(=O)O. The monoisotopic (exact) mass is 221 g/mol. The number of aromatic nitrogens is 1. The molecule has 0 saturated carbocycles. The van der Waals surface area contributed by atoms with Crippen molar-refractivity contribution in [3.8, 4) is 0 Å². The molecule has 0 spiro atoms. The van der Waals surface area contributed by atoms with Crippen LogP contribution in [0.15, 0.2) is 18.2 Å². The van der Waals surface area contributed by atoms with Crippen LogP contribution in [0.2, 0.25) is 0 Å². The zero-order chi connectivity index (χ0) is 12.2. The molecule has 0 aliphatic heterocycles. The van der Waals surface area contributed by atoms with Gasteiger partial charge in [0.15, 0.2) is 0 Å². The van der Waals surface area contributed by atoms with E-state index in [1.165, 1.54) is 0 Å². The van der Waals surface area contributed by atoms with Crippen LogP contribution in [0, 0.1) is 12.3 Å². The molecule has 1 aromatic rings. The van der Waals surface area contributed by atoms with Gasteiger partial charge in [0.1, 0.15) is 0 Å². The highest BCUT2D eigenvalue weighted by atomic mass is 16.4. The molecule has 0 aliphatic carbocycles. The van der Waals surface area contributed by atoms with E-state index >= 15 is 0 Å². The second-order valence-electron chi connectivity index (χ2n) is 4.24. The Morgan fingerprint density at radius 2 is 2.00 bits per heavy atom. The van der Waals surface area contributed by atoms with Gasteiger partial charge in [-0.05, 0) is 31.9 Å². The van der Waals surface area contributed by atoms with E-state index in [4.69, 9.17) is 0 Å². The van der Waals surface area contributed by atoms with Crippen LogP contribution < -0.4 is 0 Å². The van der Waals surface area contributed by atoms with E-state index < -0.39 is 11.4 Å². The van der Waals surface area contributed by atoms with Crippen molar-refractivity contribution in [3.05, 3.63) is 29.6 Å². The lowest BCUT2D eigenvalue weighted by Crippen LogP contribution is -2.32. The van der Waals surface area contributed by atoms with Gasteiger partial charge in [-0.3, -0.25) is 9.78 Å². The normalized spacial score (nSPS) is 11.4. The van der Waals surface area contributed by atoms with Crippen molar-refractivity contribution in [2.75, 3.05) is 0 Å². The smallest absolute Gasteiger partial charge is 0.310 e. The van der Waals surface area contributed by atoms with Crippen molar-refractivity contribution in [1.29, 1.82) is 0 Å². The molecule has 1 heterocycles. The van der Waals surface area contributed by atoms with Crippen LogP contribution in [0.3, 0.4) is 0 Å². The van der Waals surface area contributed by atoms with Crippen LogP contribution in [-0.4, -0.2) is 16.1 Å². The van der Waals surface area contributed by atoms with Crippen LogP contribution >= 0.6 is 0 Å². The summed E-state index contributed by atoms with van der Waals surface area (Å²) >= 11 is 0. The van der Waals surface area contributed by atoms with E-state index in [-0.39, 0.29) is 0 Å². The summed E-state index contributed by atoms with van der Waals surface area (Å²) in [5.74, 6) is -0.721. The van der Waals surface area contributed by atoms with Gasteiger partial charge < -0.3 is 5.11 Å². The largest absolute Gasteiger partial charge is 0.481 e. The Bertz CT molecular complexity index is 370. The van der Waals surface area contributed by atoms with Crippen molar-refractivity contribution in [1.82, 2.24) is 4.98 Å². The number of pyridine rings is 1. The molecule has 16 heavy (non-hydrogen) atoms. The van der Waals surface area contributed by atoms with Gasteiger partial charge in [-0.1, -0.05) is 19.9 Å². The third-order valence-corrected chi connectivity index (χ3v) is 3.27. The molecule has 0 unspecified atom stereocenters. The summed E-state index contributed by atoms with van der Waals surface area (Å²) in [5.41, 5.74) is 1.14. The molecule has 1 N–H and O–H groups in total. The van der Waals surface area contributed by atoms with Gasteiger partial charge in [0, 0.05) is 17.8 Å². The van der Waals surface area contributed by atoms with Gasteiger partial charge in [-0.15, -0.1) is 0 Å². The number of rotatable bonds is 5. The molecule has 1 aromatic heterocycles. The molecule has 1 rings (SSSR count). The summed E-state index contributed by atoms with van der Waals surface area (Å²) < 4.78 is 0. The number of carboxylic acids is 1. The maximum Gasteiger partial charge on any atom is 0.310 e. The fraction of sp³-hybridized carbons (Fsp3) is 0.538. The number of hydrogen-bond acceptors (Lipinski definition) is 2. The highest BCUT2D eigenvalue weighted by molar-refractivity contribution is 5.74. The Morgan fingerprint density at radius 1 is 1.38 bits per heavy atom. The zero-order valence-electron chi connectivity index (χ0n) is 10.2. The van der Waals surface area contributed by atoms with E-state index in [2.05, 4.69) is 4.98 Å². The molecule has 3 nitrogen and oxygen atoms in total. The minimum absolute atomic E-state index is 0.511. The van der Waals surface area contributed by atoms with Crippen molar-refractivity contribution >= 4 is 5.97 Å². The third-order valence-electron chi connectivity index (χ3n) is 3.27. The summed E-state index contributed by atoms with van der Waals surface area (Å²) in [6.07, 6.45) is 1.78. The van der Waals surface area contributed by atoms with Crippen LogP contribution in [-0.2, 0) is 11.2 Å². The molecule has 0 aromatic carbocycles. The minimum Gasteiger partial charge on any atom is -0.481 e. The summed E-state index contributed by atoms with van der Waals surface area (Å²) in [6.45, 7) is 5.77. The first-order chi connectivity index (χ1) is 7.54.